The summed E-state index contributed by atoms with van der Waals surface area (Å²) in [5.41, 5.74) is 23.9. The average Bonchev–Trinajstić information content (AvgIpc) is 1.57. The monoisotopic (exact) mass is 2140 g/mol. The molecule has 4 amide bonds. The Labute approximate surface area is 844 Å². The van der Waals surface area contributed by atoms with Crippen molar-refractivity contribution in [2.45, 2.75) is 154 Å². The molecule has 694 valence electrons. The Balaban J connectivity index is 0.000000108. The number of pyridine rings is 1. The Morgan fingerprint density at radius 1 is 0.346 bits per heavy atom. The maximum atomic E-state index is 13.6. The molecule has 0 bridgehead atoms. The van der Waals surface area contributed by atoms with Crippen LogP contribution in [0.2, 0.25) is 0 Å². The maximum Gasteiger partial charge on any atom is 0.252 e. The van der Waals surface area contributed by atoms with E-state index in [-0.39, 0.29) is 96.1 Å². The lowest BCUT2D eigenvalue weighted by molar-refractivity contribution is -0.130. The van der Waals surface area contributed by atoms with Gasteiger partial charge in [0.2, 0.25) is 0 Å². The van der Waals surface area contributed by atoms with Gasteiger partial charge in [-0.2, -0.15) is 0 Å². The van der Waals surface area contributed by atoms with Gasteiger partial charge in [-0.1, -0.05) is 124 Å². The molecule has 136 heavy (non-hydrogen) atoms. The van der Waals surface area contributed by atoms with E-state index in [1.54, 1.807) is 44.5 Å². The molecule has 31 heteroatoms. The number of halogens is 4. The fraction of sp³-hybridized carbons (Fsp3) is 0.314. The Hall–Kier alpha value is -10.8. The minimum atomic E-state index is -0.302. The second-order valence-corrected chi connectivity index (χ2v) is 42.9. The van der Waals surface area contributed by atoms with Crippen molar-refractivity contribution < 1.29 is 23.9 Å². The van der Waals surface area contributed by atoms with E-state index < -0.39 is 0 Å². The van der Waals surface area contributed by atoms with Crippen LogP contribution >= 0.6 is 113 Å². The van der Waals surface area contributed by atoms with Crippen LogP contribution in [-0.2, 0) is 49.6 Å². The number of thiocarbonyl (C=S) groups is 4. The number of anilines is 2. The number of aromatic nitrogens is 7. The molecule has 10 aliphatic rings. The number of carbonyl (C=O) groups excluding carboxylic acids is 4. The van der Waals surface area contributed by atoms with E-state index in [1.165, 1.54) is 44.4 Å². The summed E-state index contributed by atoms with van der Waals surface area (Å²) in [7, 11) is 2.18. The normalized spacial score (nSPS) is 21.4. The number of fused-ring (bicyclic) bond motifs is 16. The number of piperazine rings is 1. The molecule has 6 aromatic heterocycles. The number of benzene rings is 8. The zero-order valence-corrected chi connectivity index (χ0v) is 86.2. The predicted octanol–water partition coefficient (Wildman–Crippen LogP) is 20.0. The van der Waals surface area contributed by atoms with Crippen molar-refractivity contribution in [3.05, 3.63) is 298 Å². The molecule has 0 spiro atoms. The van der Waals surface area contributed by atoms with Crippen molar-refractivity contribution >= 4 is 212 Å². The molecule has 4 N–H and O–H groups in total. The molecule has 23 nitrogen and oxygen atoms in total. The third-order valence-corrected chi connectivity index (χ3v) is 32.1. The summed E-state index contributed by atoms with van der Waals surface area (Å²) in [6, 6.07) is 62.1. The van der Waals surface area contributed by atoms with Gasteiger partial charge in [0.1, 0.15) is 24.2 Å². The molecule has 8 unspecified atom stereocenters. The molecule has 0 aliphatic carbocycles. The van der Waals surface area contributed by atoms with Crippen molar-refractivity contribution in [3.8, 4) is 16.8 Å². The van der Waals surface area contributed by atoms with Crippen LogP contribution in [0, 0.1) is 0 Å². The first kappa shape index (κ1) is 91.6. The molecule has 0 radical (unpaired) electrons. The van der Waals surface area contributed by atoms with Gasteiger partial charge < -0.3 is 63.5 Å². The van der Waals surface area contributed by atoms with Gasteiger partial charge in [0.05, 0.1) is 43.7 Å². The van der Waals surface area contributed by atoms with Gasteiger partial charge in [0, 0.05) is 215 Å². The third kappa shape index (κ3) is 16.1. The van der Waals surface area contributed by atoms with Crippen LogP contribution in [0.15, 0.2) is 231 Å². The van der Waals surface area contributed by atoms with Gasteiger partial charge in [0.25, 0.3) is 23.6 Å². The smallest absolute Gasteiger partial charge is 0.252 e. The van der Waals surface area contributed by atoms with Crippen LogP contribution in [0.5, 0.6) is 0 Å². The van der Waals surface area contributed by atoms with E-state index >= 15 is 0 Å². The molecule has 8 aromatic carbocycles. The summed E-state index contributed by atoms with van der Waals surface area (Å²) >= 11 is 38.1. The number of hydrogen-bond acceptors (Lipinski definition) is 14. The molecule has 24 rings (SSSR count). The number of rotatable bonds is 12. The largest absolute Gasteiger partial charge is 0.378 e. The molecular formula is C105H102Br4N18O5S4. The molecule has 6 saturated heterocycles. The van der Waals surface area contributed by atoms with Gasteiger partial charge >= 0.3 is 0 Å². The highest BCUT2D eigenvalue weighted by molar-refractivity contribution is 9.11. The quantitative estimate of drug-likeness (QED) is 0.0839. The zero-order chi connectivity index (χ0) is 94.4. The highest BCUT2D eigenvalue weighted by atomic mass is 79.9. The highest BCUT2D eigenvalue weighted by Gasteiger charge is 2.56. The molecule has 8 atom stereocenters. The predicted molar refractivity (Wildman–Crippen MR) is 566 cm³/mol. The SMILES string of the molecule is CC(C)N1C(=O)C2Cc3c([nH]c4ccc(Br)cc34)C(c3ccc(-c4ccncc4)cc3)N2C1=S.CC(C)N1C(=O)C2Cc3c([nH]c4ccc(Br)cc34)C(c3ccc(-n4ccnc4)cc3)N2C1=S.CC(C)N1C(=O)C2Cc3c([nH]c4ccc(Br)cc34)C(c3ccc(N4CCN(C)CC4)cc3)N2C1=S.CC(C)N1C(=O)C2Cc3c([nH]c4ccc(Br)cc34)C(c3ccc(N4CCOCC4)cc3)N2C1=S. The van der Waals surface area contributed by atoms with E-state index in [0.29, 0.717) is 46.1 Å². The lowest BCUT2D eigenvalue weighted by Gasteiger charge is -2.38. The fourth-order valence-electron chi connectivity index (χ4n) is 22.0. The standard InChI is InChI=1S/C27H30BrN5OS.C27H23BrN4OS.C26H27BrN4O2S.C25H22BrN5OS/c1-16(2)32-26(34)23-15-21-20-14-18(28)6-9-22(20)29-24(21)25(33(23)27(32)35)17-4-7-19(8-5-17)31-12-10-30(3)11-13-31;1-15(2)31-26(33)23-14-21-20-13-19(28)7-8-22(20)30-24(21)25(32(23)27(31)34)18-5-3-16(4-6-18)17-9-11-29-12-10-17;1-15(2)30-25(32)22-14-20-19-13-17(27)5-8-21(19)28-23(20)24(31(22)26(30)34)16-3-6-18(7-4-16)29-9-11-33-12-10-29;1-14(2)30-24(32)21-12-19-18-11-16(26)5-8-20(18)28-22(19)23(31(21)25(30)33)15-3-6-17(7-4-15)29-10-9-27-13-29/h4-9,14,16,23,25,29H,10-13,15H2,1-3H3;3-13,15,23,25,30H,14H2,1-2H3;3-8,13,15,22,24,28H,9-12,14H2,1-2H3;3-11,13-14,21,23,28H,12H2,1-2H3. The maximum absolute atomic E-state index is 13.6. The second kappa shape index (κ2) is 36.8. The highest BCUT2D eigenvalue weighted by Crippen LogP contribution is 2.52. The van der Waals surface area contributed by atoms with Crippen LogP contribution in [0.25, 0.3) is 60.4 Å². The van der Waals surface area contributed by atoms with Crippen molar-refractivity contribution in [2.24, 2.45) is 0 Å². The summed E-state index contributed by atoms with van der Waals surface area (Å²) < 4.78 is 11.6. The molecular weight excluding hydrogens is 2040 g/mol. The number of hydrogen-bond donors (Lipinski definition) is 4. The lowest BCUT2D eigenvalue weighted by Crippen LogP contribution is -2.44. The van der Waals surface area contributed by atoms with E-state index in [0.717, 1.165) is 165 Å². The number of nitrogens with one attached hydrogen (secondary N) is 4. The fourth-order valence-corrected chi connectivity index (χ4v) is 25.6. The average molecular weight is 2140 g/mol. The number of likely N-dealkylation sites (N-methyl/N-ethyl adjacent to an activating group) is 1. The van der Waals surface area contributed by atoms with Crippen molar-refractivity contribution in [2.75, 3.05) is 69.3 Å². The Morgan fingerprint density at radius 2 is 0.632 bits per heavy atom. The van der Waals surface area contributed by atoms with Gasteiger partial charge in [-0.25, -0.2) is 4.98 Å². The second-order valence-electron chi connectivity index (χ2n) is 37.8. The van der Waals surface area contributed by atoms with E-state index in [9.17, 15) is 19.2 Å². The van der Waals surface area contributed by atoms with Crippen LogP contribution in [0.1, 0.15) is 147 Å². The summed E-state index contributed by atoms with van der Waals surface area (Å²) in [5, 5.41) is 7.12. The number of imidazole rings is 1. The number of nitrogens with zero attached hydrogens (tertiary/aromatic N) is 14. The van der Waals surface area contributed by atoms with Gasteiger partial charge in [-0.3, -0.25) is 43.8 Å². The lowest BCUT2D eigenvalue weighted by atomic mass is 9.88. The molecule has 16 heterocycles. The van der Waals surface area contributed by atoms with Crippen LogP contribution in [0.3, 0.4) is 0 Å². The van der Waals surface area contributed by atoms with Gasteiger partial charge in [-0.05, 0) is 288 Å². The summed E-state index contributed by atoms with van der Waals surface area (Å²) in [5.74, 6) is 0.391. The van der Waals surface area contributed by atoms with Crippen LogP contribution < -0.4 is 9.80 Å². The number of H-pyrrole nitrogens is 4. The van der Waals surface area contributed by atoms with Crippen molar-refractivity contribution in [1.82, 2.24) is 78.6 Å². The molecule has 14 aromatic rings. The number of ether oxygens (including phenoxy) is 1. The zero-order valence-electron chi connectivity index (χ0n) is 76.6. The van der Waals surface area contributed by atoms with Crippen LogP contribution in [0.4, 0.5) is 11.4 Å². The molecule has 10 aliphatic heterocycles. The number of amides is 4. The van der Waals surface area contributed by atoms with Crippen LogP contribution in [-0.4, -0.2) is 231 Å². The van der Waals surface area contributed by atoms with Gasteiger partial charge in [-0.15, -0.1) is 0 Å². The van der Waals surface area contributed by atoms with E-state index in [2.05, 4.69) is 287 Å². The first-order valence-corrected chi connectivity index (χ1v) is 51.3. The first-order chi connectivity index (χ1) is 65.6. The molecule has 6 fully saturated rings. The minimum absolute atomic E-state index is 0.0177. The van der Waals surface area contributed by atoms with Gasteiger partial charge in [0.15, 0.2) is 20.4 Å². The third-order valence-electron chi connectivity index (χ3n) is 28.5. The topological polar surface area (TPSA) is 207 Å². The molecule has 0 saturated carbocycles. The Kier molecular flexibility index (Phi) is 24.8. The Morgan fingerprint density at radius 3 is 0.926 bits per heavy atom. The summed E-state index contributed by atoms with van der Waals surface area (Å²) in [6.45, 7) is 23.8. The number of carbonyl (C=O) groups is 4. The number of morpholine rings is 1. The van der Waals surface area contributed by atoms with Crippen molar-refractivity contribution in [1.29, 1.82) is 0 Å². The Bertz CT molecular complexity index is 7100. The summed E-state index contributed by atoms with van der Waals surface area (Å²) in [4.78, 5) is 100.0. The number of aromatic amines is 4. The van der Waals surface area contributed by atoms with E-state index in [1.807, 2.05) is 96.5 Å². The minimum Gasteiger partial charge on any atom is -0.378 e. The van der Waals surface area contributed by atoms with E-state index in [4.69, 9.17) is 53.6 Å². The van der Waals surface area contributed by atoms with Crippen molar-refractivity contribution in [3.63, 3.8) is 0 Å². The summed E-state index contributed by atoms with van der Waals surface area (Å²) in [6.07, 6.45) is 11.7. The first-order valence-electron chi connectivity index (χ1n) is 46.5.